The van der Waals surface area contributed by atoms with E-state index in [1.807, 2.05) is 70.3 Å². The van der Waals surface area contributed by atoms with Crippen molar-refractivity contribution in [2.45, 2.75) is 27.7 Å². The number of aliphatic imine (C=N–C) groups is 1. The van der Waals surface area contributed by atoms with E-state index in [1.165, 1.54) is 11.8 Å². The minimum atomic E-state index is -0.156. The first-order chi connectivity index (χ1) is 14.3. The molecule has 152 valence electrons. The van der Waals surface area contributed by atoms with Crippen LogP contribution < -0.4 is 5.32 Å². The molecule has 1 aliphatic rings. The van der Waals surface area contributed by atoms with Gasteiger partial charge in [0.2, 0.25) is 0 Å². The fourth-order valence-corrected chi connectivity index (χ4v) is 4.37. The first kappa shape index (κ1) is 20.4. The molecule has 2 aromatic heterocycles. The molecule has 4 rings (SSSR count). The Morgan fingerprint density at radius 1 is 1.17 bits per heavy atom. The monoisotopic (exact) mass is 436 g/mol. The molecule has 7 heteroatoms. The molecule has 3 heterocycles. The third-order valence-electron chi connectivity index (χ3n) is 5.00. The van der Waals surface area contributed by atoms with E-state index < -0.39 is 0 Å². The smallest absolute Gasteiger partial charge is 0.264 e. The van der Waals surface area contributed by atoms with Crippen LogP contribution in [0.3, 0.4) is 0 Å². The highest BCUT2D eigenvalue weighted by Crippen LogP contribution is 2.32. The number of thioether (sulfide) groups is 1. The Labute approximate surface area is 184 Å². The summed E-state index contributed by atoms with van der Waals surface area (Å²) >= 11 is 7.50. The van der Waals surface area contributed by atoms with E-state index >= 15 is 0 Å². The molecule has 1 N–H and O–H groups in total. The Bertz CT molecular complexity index is 1230. The number of hydrogen-bond acceptors (Lipinski definition) is 4. The van der Waals surface area contributed by atoms with Crippen molar-refractivity contribution in [2.75, 3.05) is 0 Å². The first-order valence-corrected chi connectivity index (χ1v) is 10.7. The quantitative estimate of drug-likeness (QED) is 0.539. The number of aromatic nitrogens is 2. The van der Waals surface area contributed by atoms with E-state index in [2.05, 4.69) is 25.9 Å². The van der Waals surface area contributed by atoms with Crippen LogP contribution in [0.15, 0.2) is 52.5 Å². The van der Waals surface area contributed by atoms with Crippen LogP contribution >= 0.6 is 23.4 Å². The van der Waals surface area contributed by atoms with Crippen molar-refractivity contribution in [3.8, 4) is 5.82 Å². The highest BCUT2D eigenvalue weighted by Gasteiger charge is 2.25. The summed E-state index contributed by atoms with van der Waals surface area (Å²) in [5.74, 6) is 0.716. The van der Waals surface area contributed by atoms with Gasteiger partial charge in [-0.1, -0.05) is 17.7 Å². The standard InChI is InChI=1S/C23H21ClN4OS/c1-13-8-9-25-21(10-13)28-14(2)11-17(16(28)4)12-20-22(29)27-23(30-20)26-19-7-5-6-18(24)15(19)3/h5-12H,1-4H3,(H,26,27,29)/b20-12+. The van der Waals surface area contributed by atoms with Crippen molar-refractivity contribution in [2.24, 2.45) is 4.99 Å². The van der Waals surface area contributed by atoms with Gasteiger partial charge in [-0.05, 0) is 92.6 Å². The molecule has 0 spiro atoms. The molecular weight excluding hydrogens is 416 g/mol. The van der Waals surface area contributed by atoms with Gasteiger partial charge >= 0.3 is 0 Å². The molecule has 0 saturated carbocycles. The minimum Gasteiger partial charge on any atom is -0.303 e. The lowest BCUT2D eigenvalue weighted by molar-refractivity contribution is -0.115. The van der Waals surface area contributed by atoms with Crippen LogP contribution in [-0.4, -0.2) is 20.6 Å². The third kappa shape index (κ3) is 3.93. The largest absolute Gasteiger partial charge is 0.303 e. The van der Waals surface area contributed by atoms with Gasteiger partial charge in [-0.2, -0.15) is 0 Å². The summed E-state index contributed by atoms with van der Waals surface area (Å²) in [6, 6.07) is 11.6. The van der Waals surface area contributed by atoms with Crippen LogP contribution in [-0.2, 0) is 4.79 Å². The zero-order valence-electron chi connectivity index (χ0n) is 17.2. The molecule has 1 amide bonds. The second-order valence-electron chi connectivity index (χ2n) is 7.22. The van der Waals surface area contributed by atoms with E-state index in [4.69, 9.17) is 11.6 Å². The summed E-state index contributed by atoms with van der Waals surface area (Å²) in [4.78, 5) is 22.2. The number of amidine groups is 1. The molecule has 30 heavy (non-hydrogen) atoms. The van der Waals surface area contributed by atoms with E-state index in [0.717, 1.165) is 39.6 Å². The fraction of sp³-hybridized carbons (Fsp3) is 0.174. The van der Waals surface area contributed by atoms with Gasteiger partial charge in [0.1, 0.15) is 5.82 Å². The van der Waals surface area contributed by atoms with Crippen molar-refractivity contribution in [3.05, 3.63) is 80.6 Å². The molecule has 0 radical (unpaired) electrons. The maximum Gasteiger partial charge on any atom is 0.264 e. The average molecular weight is 437 g/mol. The molecule has 1 fully saturated rings. The topological polar surface area (TPSA) is 59.3 Å². The Morgan fingerprint density at radius 3 is 2.73 bits per heavy atom. The van der Waals surface area contributed by atoms with Crippen LogP contribution in [0.4, 0.5) is 5.69 Å². The van der Waals surface area contributed by atoms with Crippen LogP contribution in [0.5, 0.6) is 0 Å². The highest BCUT2D eigenvalue weighted by atomic mass is 35.5. The third-order valence-corrected chi connectivity index (χ3v) is 6.32. The molecule has 1 aliphatic heterocycles. The molecule has 0 unspecified atom stereocenters. The SMILES string of the molecule is Cc1ccnc(-n2c(C)cc(/C=C3/SC(=Nc4cccc(Cl)c4C)NC3=O)c2C)c1. The number of pyridine rings is 1. The number of nitrogens with one attached hydrogen (secondary N) is 1. The number of hydrogen-bond donors (Lipinski definition) is 1. The van der Waals surface area contributed by atoms with Crippen LogP contribution in [0.1, 0.15) is 28.1 Å². The summed E-state index contributed by atoms with van der Waals surface area (Å²) in [5.41, 5.74) is 5.85. The Kier molecular flexibility index (Phi) is 5.54. The lowest BCUT2D eigenvalue weighted by atomic mass is 10.2. The number of rotatable bonds is 3. The molecule has 0 aliphatic carbocycles. The molecule has 1 aromatic carbocycles. The summed E-state index contributed by atoms with van der Waals surface area (Å²) in [5, 5.41) is 4.04. The predicted molar refractivity (Wildman–Crippen MR) is 125 cm³/mol. The number of carbonyl (C=O) groups is 1. The Balaban J connectivity index is 1.66. The maximum absolute atomic E-state index is 12.5. The fourth-order valence-electron chi connectivity index (χ4n) is 3.38. The van der Waals surface area contributed by atoms with Gasteiger partial charge in [-0.15, -0.1) is 0 Å². The zero-order chi connectivity index (χ0) is 21.4. The molecular formula is C23H21ClN4OS. The molecule has 0 atom stereocenters. The Hall–Kier alpha value is -2.83. The van der Waals surface area contributed by atoms with E-state index in [0.29, 0.717) is 15.1 Å². The van der Waals surface area contributed by atoms with Crippen molar-refractivity contribution >= 4 is 46.2 Å². The highest BCUT2D eigenvalue weighted by molar-refractivity contribution is 8.18. The van der Waals surface area contributed by atoms with Crippen molar-refractivity contribution < 1.29 is 4.79 Å². The summed E-state index contributed by atoms with van der Waals surface area (Å²) < 4.78 is 2.10. The maximum atomic E-state index is 12.5. The van der Waals surface area contributed by atoms with Gasteiger partial charge in [-0.3, -0.25) is 4.79 Å². The van der Waals surface area contributed by atoms with Crippen LogP contribution in [0.25, 0.3) is 11.9 Å². The number of carbonyl (C=O) groups excluding carboxylic acids is 1. The summed E-state index contributed by atoms with van der Waals surface area (Å²) in [6.45, 7) is 8.03. The van der Waals surface area contributed by atoms with Crippen LogP contribution in [0, 0.1) is 27.7 Å². The van der Waals surface area contributed by atoms with Crippen molar-refractivity contribution in [1.29, 1.82) is 0 Å². The van der Waals surface area contributed by atoms with Crippen molar-refractivity contribution in [3.63, 3.8) is 0 Å². The van der Waals surface area contributed by atoms with Gasteiger partial charge in [0, 0.05) is 22.6 Å². The molecule has 3 aromatic rings. The van der Waals surface area contributed by atoms with Gasteiger partial charge in [0.25, 0.3) is 5.91 Å². The minimum absolute atomic E-state index is 0.156. The predicted octanol–water partition coefficient (Wildman–Crippen LogP) is 5.65. The number of amides is 1. The number of benzene rings is 1. The zero-order valence-corrected chi connectivity index (χ0v) is 18.7. The first-order valence-electron chi connectivity index (χ1n) is 9.50. The van der Waals surface area contributed by atoms with E-state index in [9.17, 15) is 4.79 Å². The van der Waals surface area contributed by atoms with Gasteiger partial charge < -0.3 is 9.88 Å². The molecule has 5 nitrogen and oxygen atoms in total. The normalized spacial score (nSPS) is 16.5. The number of nitrogens with zero attached hydrogens (tertiary/aromatic N) is 3. The summed E-state index contributed by atoms with van der Waals surface area (Å²) in [7, 11) is 0. The summed E-state index contributed by atoms with van der Waals surface area (Å²) in [6.07, 6.45) is 3.71. The molecule has 0 bridgehead atoms. The second-order valence-corrected chi connectivity index (χ2v) is 8.66. The number of halogens is 1. The lowest BCUT2D eigenvalue weighted by Crippen LogP contribution is -2.19. The van der Waals surface area contributed by atoms with Crippen molar-refractivity contribution in [1.82, 2.24) is 14.9 Å². The van der Waals surface area contributed by atoms with Crippen LogP contribution in [0.2, 0.25) is 5.02 Å². The van der Waals surface area contributed by atoms with Gasteiger partial charge in [0.15, 0.2) is 5.17 Å². The van der Waals surface area contributed by atoms with E-state index in [1.54, 1.807) is 0 Å². The molecule has 1 saturated heterocycles. The van der Waals surface area contributed by atoms with E-state index in [-0.39, 0.29) is 5.91 Å². The second kappa shape index (κ2) is 8.13. The lowest BCUT2D eigenvalue weighted by Gasteiger charge is -2.09. The average Bonchev–Trinajstić information content (AvgIpc) is 3.17. The number of aryl methyl sites for hydroxylation is 2. The van der Waals surface area contributed by atoms with Gasteiger partial charge in [-0.25, -0.2) is 9.98 Å². The van der Waals surface area contributed by atoms with Gasteiger partial charge in [0.05, 0.1) is 10.6 Å². The Morgan fingerprint density at radius 2 is 1.97 bits per heavy atom.